The van der Waals surface area contributed by atoms with E-state index >= 15 is 0 Å². The molecule has 156 valence electrons. The lowest BCUT2D eigenvalue weighted by Gasteiger charge is -2.20. The van der Waals surface area contributed by atoms with E-state index in [1.807, 2.05) is 0 Å². The van der Waals surface area contributed by atoms with Crippen molar-refractivity contribution in [3.8, 4) is 0 Å². The number of azide groups is 1. The highest BCUT2D eigenvalue weighted by molar-refractivity contribution is 5.73. The number of nitrogens with zero attached hydrogens (tertiary/aromatic N) is 6. The number of hydrogen-bond donors (Lipinski definition) is 4. The van der Waals surface area contributed by atoms with Crippen molar-refractivity contribution in [3.63, 3.8) is 0 Å². The van der Waals surface area contributed by atoms with Crippen molar-refractivity contribution in [2.24, 2.45) is 5.11 Å². The Bertz CT molecular complexity index is 750. The number of carboxylic acid groups (broad SMARTS) is 4. The maximum absolute atomic E-state index is 10.9. The van der Waals surface area contributed by atoms with Crippen LogP contribution >= 0.6 is 0 Å². The van der Waals surface area contributed by atoms with Gasteiger partial charge in [0.1, 0.15) is 0 Å². The van der Waals surface area contributed by atoms with Gasteiger partial charge in [0.15, 0.2) is 0 Å². The molecule has 0 unspecified atom stereocenters. The van der Waals surface area contributed by atoms with Gasteiger partial charge in [0, 0.05) is 23.7 Å². The number of hydrogen-bond acceptors (Lipinski definition) is 8. The van der Waals surface area contributed by atoms with Crippen molar-refractivity contribution in [2.75, 3.05) is 26.2 Å². The third kappa shape index (κ3) is 9.67. The predicted molar refractivity (Wildman–Crippen MR) is 94.1 cm³/mol. The monoisotopic (exact) mass is 410 g/mol. The fourth-order valence-corrected chi connectivity index (χ4v) is 2.46. The van der Waals surface area contributed by atoms with Crippen molar-refractivity contribution >= 4 is 29.6 Å². The molecule has 0 saturated heterocycles. The van der Waals surface area contributed by atoms with Gasteiger partial charge in [0.2, 0.25) is 0 Å². The maximum atomic E-state index is 10.9. The van der Waals surface area contributed by atoms with Crippen LogP contribution in [0.5, 0.6) is 0 Å². The molecule has 0 aliphatic rings. The number of rotatable bonds is 13. The van der Waals surface area contributed by atoms with Crippen LogP contribution in [0.15, 0.2) is 17.2 Å². The standard InChI is InChI=1S/C15H18N6O8/c16-19-18-9-1-10(3-20(5-12(22)23)6-13(24)25)17-11(2-9)4-21(7-14(26)27)8-15(28)29/h1-2H,3-8H2,(H,22,23)(H,24,25)(H,26,27)(H,28,29). The number of pyridine rings is 1. The molecular weight excluding hydrogens is 392 g/mol. The smallest absolute Gasteiger partial charge is 0.317 e. The van der Waals surface area contributed by atoms with E-state index in [1.54, 1.807) is 0 Å². The van der Waals surface area contributed by atoms with Crippen molar-refractivity contribution < 1.29 is 39.6 Å². The molecule has 14 nitrogen and oxygen atoms in total. The fourth-order valence-electron chi connectivity index (χ4n) is 2.46. The van der Waals surface area contributed by atoms with Gasteiger partial charge in [-0.15, -0.1) is 0 Å². The van der Waals surface area contributed by atoms with Gasteiger partial charge in [-0.2, -0.15) is 0 Å². The van der Waals surface area contributed by atoms with E-state index in [9.17, 15) is 19.2 Å². The molecule has 1 aromatic rings. The molecule has 1 rings (SSSR count). The van der Waals surface area contributed by atoms with Gasteiger partial charge in [-0.25, -0.2) is 0 Å². The van der Waals surface area contributed by atoms with Crippen LogP contribution in [0, 0.1) is 0 Å². The molecule has 0 aliphatic carbocycles. The zero-order valence-corrected chi connectivity index (χ0v) is 15.0. The Morgan fingerprint density at radius 1 is 0.828 bits per heavy atom. The number of aromatic nitrogens is 1. The van der Waals surface area contributed by atoms with Gasteiger partial charge in [-0.05, 0) is 17.7 Å². The Balaban J connectivity index is 3.18. The Labute approximate surface area is 163 Å². The number of carboxylic acids is 4. The van der Waals surface area contributed by atoms with E-state index in [0.717, 1.165) is 9.80 Å². The van der Waals surface area contributed by atoms with Crippen LogP contribution in [0.25, 0.3) is 10.4 Å². The lowest BCUT2D eigenvalue weighted by Crippen LogP contribution is -2.35. The summed E-state index contributed by atoms with van der Waals surface area (Å²) in [7, 11) is 0. The first-order valence-electron chi connectivity index (χ1n) is 7.96. The van der Waals surface area contributed by atoms with Crippen molar-refractivity contribution in [1.82, 2.24) is 14.8 Å². The second-order valence-electron chi connectivity index (χ2n) is 5.86. The van der Waals surface area contributed by atoms with Crippen LogP contribution < -0.4 is 0 Å². The summed E-state index contributed by atoms with van der Waals surface area (Å²) in [5.41, 5.74) is 9.05. The fraction of sp³-hybridized carbons (Fsp3) is 0.400. The first kappa shape index (κ1) is 23.3. The van der Waals surface area contributed by atoms with Gasteiger partial charge < -0.3 is 20.4 Å². The predicted octanol–water partition coefficient (Wildman–Crippen LogP) is -0.0342. The highest BCUT2D eigenvalue weighted by atomic mass is 16.4. The van der Waals surface area contributed by atoms with Crippen LogP contribution in [0.4, 0.5) is 5.69 Å². The average molecular weight is 410 g/mol. The largest absolute Gasteiger partial charge is 0.480 e. The molecule has 14 heteroatoms. The number of aliphatic carboxylic acids is 4. The van der Waals surface area contributed by atoms with Gasteiger partial charge >= 0.3 is 23.9 Å². The van der Waals surface area contributed by atoms with Gasteiger partial charge in [-0.3, -0.25) is 34.0 Å². The summed E-state index contributed by atoms with van der Waals surface area (Å²) in [6.45, 7) is -2.76. The second kappa shape index (κ2) is 11.2. The summed E-state index contributed by atoms with van der Waals surface area (Å²) < 4.78 is 0. The van der Waals surface area contributed by atoms with E-state index in [-0.39, 0.29) is 30.2 Å². The topological polar surface area (TPSA) is 217 Å². The molecule has 0 spiro atoms. The van der Waals surface area contributed by atoms with E-state index in [1.165, 1.54) is 12.1 Å². The minimum absolute atomic E-state index is 0.0729. The summed E-state index contributed by atoms with van der Waals surface area (Å²) in [5.74, 6) is -5.03. The van der Waals surface area contributed by atoms with Crippen LogP contribution in [0.1, 0.15) is 11.4 Å². The molecule has 1 aromatic heterocycles. The molecule has 0 aliphatic heterocycles. The summed E-state index contributed by atoms with van der Waals surface area (Å²) >= 11 is 0. The molecule has 0 atom stereocenters. The Kier molecular flexibility index (Phi) is 8.98. The molecule has 0 radical (unpaired) electrons. The lowest BCUT2D eigenvalue weighted by atomic mass is 10.2. The molecule has 0 fully saturated rings. The summed E-state index contributed by atoms with van der Waals surface area (Å²) in [4.78, 5) is 52.7. The normalized spacial score (nSPS) is 10.6. The van der Waals surface area contributed by atoms with E-state index in [4.69, 9.17) is 26.0 Å². The molecule has 0 amide bonds. The van der Waals surface area contributed by atoms with Crippen molar-refractivity contribution in [2.45, 2.75) is 13.1 Å². The Morgan fingerprint density at radius 2 is 1.17 bits per heavy atom. The van der Waals surface area contributed by atoms with Crippen LogP contribution in [0.3, 0.4) is 0 Å². The summed E-state index contributed by atoms with van der Waals surface area (Å²) in [6, 6.07) is 2.64. The molecule has 0 bridgehead atoms. The molecule has 0 aromatic carbocycles. The van der Waals surface area contributed by atoms with Crippen LogP contribution in [-0.2, 0) is 32.3 Å². The number of carbonyl (C=O) groups is 4. The molecular formula is C15H18N6O8. The second-order valence-corrected chi connectivity index (χ2v) is 5.86. The highest BCUT2D eigenvalue weighted by Gasteiger charge is 2.18. The van der Waals surface area contributed by atoms with E-state index in [2.05, 4.69) is 15.0 Å². The quantitative estimate of drug-likeness (QED) is 0.192. The summed E-state index contributed by atoms with van der Waals surface area (Å²) in [6.07, 6.45) is 0. The molecule has 29 heavy (non-hydrogen) atoms. The third-order valence-corrected chi connectivity index (χ3v) is 3.28. The minimum Gasteiger partial charge on any atom is -0.480 e. The Morgan fingerprint density at radius 3 is 1.45 bits per heavy atom. The van der Waals surface area contributed by atoms with Crippen LogP contribution in [0.2, 0.25) is 0 Å². The molecule has 1 heterocycles. The Hall–Kier alpha value is -3.74. The highest BCUT2D eigenvalue weighted by Crippen LogP contribution is 2.18. The average Bonchev–Trinajstić information content (AvgIpc) is 2.52. The van der Waals surface area contributed by atoms with Crippen molar-refractivity contribution in [1.29, 1.82) is 0 Å². The molecule has 4 N–H and O–H groups in total. The third-order valence-electron chi connectivity index (χ3n) is 3.28. The SMILES string of the molecule is [N-]=[N+]=Nc1cc(CN(CC(=O)O)CC(=O)O)nc(CN(CC(=O)O)CC(=O)O)c1. The van der Waals surface area contributed by atoms with Gasteiger partial charge in [0.05, 0.1) is 37.6 Å². The van der Waals surface area contributed by atoms with Crippen LogP contribution in [-0.4, -0.2) is 85.3 Å². The minimum atomic E-state index is -1.26. The van der Waals surface area contributed by atoms with E-state index < -0.39 is 50.1 Å². The first-order chi connectivity index (χ1) is 13.6. The zero-order chi connectivity index (χ0) is 22.0. The van der Waals surface area contributed by atoms with E-state index in [0.29, 0.717) is 0 Å². The first-order valence-corrected chi connectivity index (χ1v) is 7.96. The lowest BCUT2D eigenvalue weighted by molar-refractivity contribution is -0.144. The summed E-state index contributed by atoms with van der Waals surface area (Å²) in [5, 5.41) is 39.1. The van der Waals surface area contributed by atoms with Gasteiger partial charge in [0.25, 0.3) is 0 Å². The zero-order valence-electron chi connectivity index (χ0n) is 15.0. The maximum Gasteiger partial charge on any atom is 0.317 e. The van der Waals surface area contributed by atoms with Gasteiger partial charge in [-0.1, -0.05) is 5.11 Å². The van der Waals surface area contributed by atoms with Crippen molar-refractivity contribution in [3.05, 3.63) is 34.0 Å². The molecule has 0 saturated carbocycles.